The van der Waals surface area contributed by atoms with Crippen LogP contribution in [0.2, 0.25) is 0 Å². The van der Waals surface area contributed by atoms with E-state index in [0.717, 1.165) is 32.4 Å². The van der Waals surface area contributed by atoms with E-state index in [2.05, 4.69) is 50.0 Å². The third-order valence-corrected chi connectivity index (χ3v) is 3.78. The summed E-state index contributed by atoms with van der Waals surface area (Å²) in [6.07, 6.45) is 8.02. The summed E-state index contributed by atoms with van der Waals surface area (Å²) in [4.78, 5) is 0. The molecule has 3 heteroatoms. The Morgan fingerprint density at radius 1 is 1.21 bits per heavy atom. The van der Waals surface area contributed by atoms with Gasteiger partial charge in [0, 0.05) is 6.20 Å². The van der Waals surface area contributed by atoms with Crippen LogP contribution in [0.5, 0.6) is 0 Å². The Balaban J connectivity index is 2.36. The molecule has 0 bridgehead atoms. The average molecular weight is 265 g/mol. The monoisotopic (exact) mass is 265 g/mol. The SMILES string of the molecule is CCCNCCC(C)Cc1ccn(C(CC)CC)n1. The zero-order valence-electron chi connectivity index (χ0n) is 13.2. The minimum absolute atomic E-state index is 0.565. The van der Waals surface area contributed by atoms with Crippen molar-refractivity contribution in [3.63, 3.8) is 0 Å². The van der Waals surface area contributed by atoms with Crippen LogP contribution in [0.1, 0.15) is 65.1 Å². The third kappa shape index (κ3) is 5.77. The lowest BCUT2D eigenvalue weighted by molar-refractivity contribution is 0.420. The fourth-order valence-electron chi connectivity index (χ4n) is 2.46. The van der Waals surface area contributed by atoms with Crippen LogP contribution in [0.3, 0.4) is 0 Å². The Labute approximate surface area is 118 Å². The lowest BCUT2D eigenvalue weighted by Gasteiger charge is -2.13. The van der Waals surface area contributed by atoms with Crippen LogP contribution < -0.4 is 5.32 Å². The second-order valence-electron chi connectivity index (χ2n) is 5.61. The molecule has 0 saturated carbocycles. The number of rotatable bonds is 10. The quantitative estimate of drug-likeness (QED) is 0.652. The zero-order valence-corrected chi connectivity index (χ0v) is 13.2. The summed E-state index contributed by atoms with van der Waals surface area (Å²) < 4.78 is 2.15. The third-order valence-electron chi connectivity index (χ3n) is 3.78. The van der Waals surface area contributed by atoms with Crippen LogP contribution in [0.4, 0.5) is 0 Å². The molecule has 110 valence electrons. The lowest BCUT2D eigenvalue weighted by atomic mass is 10.0. The number of nitrogens with one attached hydrogen (secondary N) is 1. The van der Waals surface area contributed by atoms with Crippen LogP contribution in [-0.2, 0) is 6.42 Å². The molecule has 0 aliphatic carbocycles. The van der Waals surface area contributed by atoms with E-state index in [4.69, 9.17) is 5.10 Å². The van der Waals surface area contributed by atoms with Crippen molar-refractivity contribution in [1.82, 2.24) is 15.1 Å². The Morgan fingerprint density at radius 3 is 2.58 bits per heavy atom. The molecule has 1 aromatic rings. The summed E-state index contributed by atoms with van der Waals surface area (Å²) in [6.45, 7) is 11.3. The van der Waals surface area contributed by atoms with Crippen molar-refractivity contribution in [3.05, 3.63) is 18.0 Å². The first-order valence-corrected chi connectivity index (χ1v) is 7.95. The maximum atomic E-state index is 4.73. The molecule has 19 heavy (non-hydrogen) atoms. The Bertz CT molecular complexity index is 328. The van der Waals surface area contributed by atoms with Gasteiger partial charge in [-0.15, -0.1) is 0 Å². The van der Waals surface area contributed by atoms with E-state index in [0.29, 0.717) is 12.0 Å². The molecule has 0 aromatic carbocycles. The Hall–Kier alpha value is -0.830. The van der Waals surface area contributed by atoms with E-state index in [9.17, 15) is 0 Å². The van der Waals surface area contributed by atoms with E-state index in [1.807, 2.05) is 0 Å². The first-order valence-electron chi connectivity index (χ1n) is 7.95. The highest BCUT2D eigenvalue weighted by Gasteiger charge is 2.10. The van der Waals surface area contributed by atoms with Crippen LogP contribution >= 0.6 is 0 Å². The summed E-state index contributed by atoms with van der Waals surface area (Å²) in [5.41, 5.74) is 1.25. The van der Waals surface area contributed by atoms with E-state index in [1.165, 1.54) is 18.5 Å². The predicted octanol–water partition coefficient (Wildman–Crippen LogP) is 3.81. The molecule has 0 spiro atoms. The van der Waals surface area contributed by atoms with Gasteiger partial charge in [0.25, 0.3) is 0 Å². The van der Waals surface area contributed by atoms with Gasteiger partial charge in [-0.3, -0.25) is 4.68 Å². The molecule has 0 aliphatic rings. The number of hydrogen-bond donors (Lipinski definition) is 1. The highest BCUT2D eigenvalue weighted by atomic mass is 15.3. The molecule has 1 heterocycles. The van der Waals surface area contributed by atoms with Crippen LogP contribution in [-0.4, -0.2) is 22.9 Å². The average Bonchev–Trinajstić information content (AvgIpc) is 2.84. The van der Waals surface area contributed by atoms with Crippen molar-refractivity contribution in [2.75, 3.05) is 13.1 Å². The van der Waals surface area contributed by atoms with Gasteiger partial charge < -0.3 is 5.32 Å². The molecule has 1 atom stereocenters. The molecule has 0 radical (unpaired) electrons. The molecule has 0 saturated heterocycles. The highest BCUT2D eigenvalue weighted by molar-refractivity contribution is 5.00. The van der Waals surface area contributed by atoms with Crippen molar-refractivity contribution < 1.29 is 0 Å². The van der Waals surface area contributed by atoms with Crippen LogP contribution in [0, 0.1) is 5.92 Å². The minimum atomic E-state index is 0.565. The predicted molar refractivity (Wildman–Crippen MR) is 82.5 cm³/mol. The second kappa shape index (κ2) is 9.13. The molecule has 1 rings (SSSR count). The first kappa shape index (κ1) is 16.2. The number of nitrogens with zero attached hydrogens (tertiary/aromatic N) is 2. The van der Waals surface area contributed by atoms with Gasteiger partial charge in [-0.05, 0) is 57.2 Å². The van der Waals surface area contributed by atoms with Gasteiger partial charge in [0.15, 0.2) is 0 Å². The van der Waals surface area contributed by atoms with Gasteiger partial charge in [-0.1, -0.05) is 27.7 Å². The molecule has 0 fully saturated rings. The summed E-state index contributed by atoms with van der Waals surface area (Å²) in [7, 11) is 0. The number of aromatic nitrogens is 2. The highest BCUT2D eigenvalue weighted by Crippen LogP contribution is 2.16. The van der Waals surface area contributed by atoms with E-state index >= 15 is 0 Å². The second-order valence-corrected chi connectivity index (χ2v) is 5.61. The molecular weight excluding hydrogens is 234 g/mol. The van der Waals surface area contributed by atoms with Gasteiger partial charge in [0.05, 0.1) is 11.7 Å². The van der Waals surface area contributed by atoms with Gasteiger partial charge >= 0.3 is 0 Å². The van der Waals surface area contributed by atoms with Crippen LogP contribution in [0.25, 0.3) is 0 Å². The minimum Gasteiger partial charge on any atom is -0.317 e. The number of hydrogen-bond acceptors (Lipinski definition) is 2. The molecule has 1 unspecified atom stereocenters. The lowest BCUT2D eigenvalue weighted by Crippen LogP contribution is -2.18. The van der Waals surface area contributed by atoms with Crippen LogP contribution in [0.15, 0.2) is 12.3 Å². The fourth-order valence-corrected chi connectivity index (χ4v) is 2.46. The van der Waals surface area contributed by atoms with Crippen molar-refractivity contribution in [1.29, 1.82) is 0 Å². The largest absolute Gasteiger partial charge is 0.317 e. The molecule has 3 nitrogen and oxygen atoms in total. The van der Waals surface area contributed by atoms with Crippen molar-refractivity contribution in [2.45, 2.75) is 65.8 Å². The first-order chi connectivity index (χ1) is 9.21. The summed E-state index contributed by atoms with van der Waals surface area (Å²) in [5.74, 6) is 0.703. The normalized spacial score (nSPS) is 13.1. The zero-order chi connectivity index (χ0) is 14.1. The summed E-state index contributed by atoms with van der Waals surface area (Å²) in [5, 5.41) is 8.20. The van der Waals surface area contributed by atoms with E-state index < -0.39 is 0 Å². The Morgan fingerprint density at radius 2 is 1.95 bits per heavy atom. The van der Waals surface area contributed by atoms with Crippen molar-refractivity contribution >= 4 is 0 Å². The molecule has 0 amide bonds. The molecule has 0 aliphatic heterocycles. The standard InChI is InChI=1S/C16H31N3/c1-5-10-17-11-8-14(4)13-15-9-12-19(18-15)16(6-2)7-3/h9,12,14,16-17H,5-8,10-11,13H2,1-4H3. The van der Waals surface area contributed by atoms with E-state index in [-0.39, 0.29) is 0 Å². The molecule has 1 aromatic heterocycles. The molecular formula is C16H31N3. The maximum absolute atomic E-state index is 4.73. The summed E-state index contributed by atoms with van der Waals surface area (Å²) in [6, 6.07) is 2.75. The van der Waals surface area contributed by atoms with Crippen molar-refractivity contribution in [2.24, 2.45) is 5.92 Å². The van der Waals surface area contributed by atoms with Gasteiger partial charge in [-0.25, -0.2) is 0 Å². The van der Waals surface area contributed by atoms with Gasteiger partial charge in [0.1, 0.15) is 0 Å². The fraction of sp³-hybridized carbons (Fsp3) is 0.812. The Kier molecular flexibility index (Phi) is 7.80. The topological polar surface area (TPSA) is 29.9 Å². The van der Waals surface area contributed by atoms with Gasteiger partial charge in [0.2, 0.25) is 0 Å². The van der Waals surface area contributed by atoms with E-state index in [1.54, 1.807) is 0 Å². The van der Waals surface area contributed by atoms with Gasteiger partial charge in [-0.2, -0.15) is 5.10 Å². The smallest absolute Gasteiger partial charge is 0.0627 e. The molecule has 1 N–H and O–H groups in total. The maximum Gasteiger partial charge on any atom is 0.0627 e. The van der Waals surface area contributed by atoms with Crippen molar-refractivity contribution in [3.8, 4) is 0 Å². The summed E-state index contributed by atoms with van der Waals surface area (Å²) >= 11 is 0.